The fraction of sp³-hybridized carbons (Fsp3) is 0.467. The van der Waals surface area contributed by atoms with Crippen LogP contribution < -0.4 is 16.0 Å². The van der Waals surface area contributed by atoms with Crippen LogP contribution in [-0.4, -0.2) is 32.0 Å². The van der Waals surface area contributed by atoms with Gasteiger partial charge in [0.1, 0.15) is 0 Å². The predicted molar refractivity (Wildman–Crippen MR) is 87.8 cm³/mol. The SMILES string of the molecule is CNCC(C)C(=O)NCCc1ccc(NC(C)=O)cc1.Cl. The van der Waals surface area contributed by atoms with Gasteiger partial charge < -0.3 is 16.0 Å². The summed E-state index contributed by atoms with van der Waals surface area (Å²) in [6.45, 7) is 4.67. The highest BCUT2D eigenvalue weighted by molar-refractivity contribution is 5.88. The zero-order valence-corrected chi connectivity index (χ0v) is 13.5. The second-order valence-electron chi connectivity index (χ2n) is 4.88. The quantitative estimate of drug-likeness (QED) is 0.716. The average Bonchev–Trinajstić information content (AvgIpc) is 2.40. The summed E-state index contributed by atoms with van der Waals surface area (Å²) in [6.07, 6.45) is 0.776. The zero-order chi connectivity index (χ0) is 15.0. The first-order chi connectivity index (χ1) is 9.52. The van der Waals surface area contributed by atoms with E-state index in [0.29, 0.717) is 13.1 Å². The monoisotopic (exact) mass is 313 g/mol. The van der Waals surface area contributed by atoms with Crippen molar-refractivity contribution < 1.29 is 9.59 Å². The molecule has 0 aromatic heterocycles. The summed E-state index contributed by atoms with van der Waals surface area (Å²) in [7, 11) is 1.83. The van der Waals surface area contributed by atoms with Crippen molar-refractivity contribution in [2.75, 3.05) is 25.5 Å². The molecule has 0 saturated heterocycles. The Balaban J connectivity index is 0.00000400. The summed E-state index contributed by atoms with van der Waals surface area (Å²) < 4.78 is 0. The Hall–Kier alpha value is -1.59. The van der Waals surface area contributed by atoms with Crippen molar-refractivity contribution in [1.29, 1.82) is 0 Å². The molecule has 3 N–H and O–H groups in total. The van der Waals surface area contributed by atoms with Crippen LogP contribution in [0.2, 0.25) is 0 Å². The van der Waals surface area contributed by atoms with Crippen molar-refractivity contribution in [1.82, 2.24) is 10.6 Å². The highest BCUT2D eigenvalue weighted by atomic mass is 35.5. The first kappa shape index (κ1) is 19.4. The largest absolute Gasteiger partial charge is 0.355 e. The maximum atomic E-state index is 11.7. The number of rotatable bonds is 7. The highest BCUT2D eigenvalue weighted by Gasteiger charge is 2.10. The zero-order valence-electron chi connectivity index (χ0n) is 12.7. The first-order valence-corrected chi connectivity index (χ1v) is 6.81. The van der Waals surface area contributed by atoms with E-state index in [-0.39, 0.29) is 30.1 Å². The molecule has 1 unspecified atom stereocenters. The lowest BCUT2D eigenvalue weighted by molar-refractivity contribution is -0.124. The second kappa shape index (κ2) is 10.2. The molecule has 0 fully saturated rings. The van der Waals surface area contributed by atoms with Crippen LogP contribution in [0.4, 0.5) is 5.69 Å². The van der Waals surface area contributed by atoms with Gasteiger partial charge in [0.25, 0.3) is 0 Å². The van der Waals surface area contributed by atoms with Gasteiger partial charge in [0.05, 0.1) is 0 Å². The van der Waals surface area contributed by atoms with Gasteiger partial charge in [0.15, 0.2) is 0 Å². The molecule has 0 spiro atoms. The Labute approximate surface area is 132 Å². The van der Waals surface area contributed by atoms with Crippen molar-refractivity contribution >= 4 is 29.9 Å². The smallest absolute Gasteiger partial charge is 0.224 e. The highest BCUT2D eigenvalue weighted by Crippen LogP contribution is 2.09. The third-order valence-electron chi connectivity index (χ3n) is 2.95. The van der Waals surface area contributed by atoms with Gasteiger partial charge in [-0.25, -0.2) is 0 Å². The molecular weight excluding hydrogens is 290 g/mol. The Morgan fingerprint density at radius 2 is 1.81 bits per heavy atom. The van der Waals surface area contributed by atoms with Crippen LogP contribution in [0.15, 0.2) is 24.3 Å². The maximum Gasteiger partial charge on any atom is 0.224 e. The number of carbonyl (C=O) groups excluding carboxylic acids is 2. The molecule has 1 aromatic rings. The molecule has 6 heteroatoms. The number of benzene rings is 1. The molecule has 0 radical (unpaired) electrons. The molecule has 1 aromatic carbocycles. The van der Waals surface area contributed by atoms with Crippen molar-refractivity contribution in [2.24, 2.45) is 5.92 Å². The number of halogens is 1. The van der Waals surface area contributed by atoms with E-state index in [1.54, 1.807) is 0 Å². The van der Waals surface area contributed by atoms with Gasteiger partial charge in [-0.3, -0.25) is 9.59 Å². The number of hydrogen-bond acceptors (Lipinski definition) is 3. The molecular formula is C15H24ClN3O2. The molecule has 21 heavy (non-hydrogen) atoms. The van der Waals surface area contributed by atoms with E-state index in [0.717, 1.165) is 17.7 Å². The minimum Gasteiger partial charge on any atom is -0.355 e. The fourth-order valence-corrected chi connectivity index (χ4v) is 1.86. The van der Waals surface area contributed by atoms with Crippen molar-refractivity contribution in [2.45, 2.75) is 20.3 Å². The third-order valence-corrected chi connectivity index (χ3v) is 2.95. The molecule has 0 aliphatic carbocycles. The summed E-state index contributed by atoms with van der Waals surface area (Å²) in [4.78, 5) is 22.6. The number of carbonyl (C=O) groups is 2. The van der Waals surface area contributed by atoms with Gasteiger partial charge in [-0.05, 0) is 31.2 Å². The van der Waals surface area contributed by atoms with Crippen molar-refractivity contribution in [3.63, 3.8) is 0 Å². The van der Waals surface area contributed by atoms with E-state index in [9.17, 15) is 9.59 Å². The summed E-state index contributed by atoms with van der Waals surface area (Å²) in [5.74, 6) is -0.0418. The number of nitrogens with one attached hydrogen (secondary N) is 3. The minimum atomic E-state index is -0.0801. The number of hydrogen-bond donors (Lipinski definition) is 3. The van der Waals surface area contributed by atoms with Crippen molar-refractivity contribution in [3.05, 3.63) is 29.8 Å². The van der Waals surface area contributed by atoms with Gasteiger partial charge in [-0.15, -0.1) is 12.4 Å². The van der Waals surface area contributed by atoms with Gasteiger partial charge in [-0.2, -0.15) is 0 Å². The summed E-state index contributed by atoms with van der Waals surface area (Å²) in [5, 5.41) is 8.62. The van der Waals surface area contributed by atoms with E-state index in [2.05, 4.69) is 16.0 Å². The standard InChI is InChI=1S/C15H23N3O2.ClH/c1-11(10-16-3)15(20)17-9-8-13-4-6-14(7-5-13)18-12(2)19;/h4-7,11,16H,8-10H2,1-3H3,(H,17,20)(H,18,19);1H. The predicted octanol–water partition coefficient (Wildman–Crippen LogP) is 1.58. The Kier molecular flexibility index (Phi) is 9.41. The maximum absolute atomic E-state index is 11.7. The molecule has 5 nitrogen and oxygen atoms in total. The molecule has 0 saturated carbocycles. The molecule has 0 heterocycles. The fourth-order valence-electron chi connectivity index (χ4n) is 1.86. The third kappa shape index (κ3) is 7.68. The van der Waals surface area contributed by atoms with Crippen LogP contribution in [0.5, 0.6) is 0 Å². The normalized spacial score (nSPS) is 11.2. The molecule has 0 aliphatic heterocycles. The molecule has 1 rings (SSSR count). The molecule has 118 valence electrons. The Bertz CT molecular complexity index is 449. The topological polar surface area (TPSA) is 70.2 Å². The molecule has 2 amide bonds. The summed E-state index contributed by atoms with van der Waals surface area (Å²) in [6, 6.07) is 7.63. The van der Waals surface area contributed by atoms with Crippen LogP contribution in [0.1, 0.15) is 19.4 Å². The number of anilines is 1. The number of amides is 2. The molecule has 0 aliphatic rings. The minimum absolute atomic E-state index is 0. The average molecular weight is 314 g/mol. The van der Waals surface area contributed by atoms with E-state index in [4.69, 9.17) is 0 Å². The molecule has 0 bridgehead atoms. The lowest BCUT2D eigenvalue weighted by Gasteiger charge is -2.11. The van der Waals surface area contributed by atoms with E-state index in [1.165, 1.54) is 6.92 Å². The van der Waals surface area contributed by atoms with Crippen LogP contribution >= 0.6 is 12.4 Å². The van der Waals surface area contributed by atoms with Crippen LogP contribution in [-0.2, 0) is 16.0 Å². The second-order valence-corrected chi connectivity index (χ2v) is 4.88. The van der Waals surface area contributed by atoms with Gasteiger partial charge in [0, 0.05) is 31.6 Å². The van der Waals surface area contributed by atoms with Crippen molar-refractivity contribution in [3.8, 4) is 0 Å². The summed E-state index contributed by atoms with van der Waals surface area (Å²) in [5.41, 5.74) is 1.91. The first-order valence-electron chi connectivity index (χ1n) is 6.81. The van der Waals surface area contributed by atoms with E-state index >= 15 is 0 Å². The summed E-state index contributed by atoms with van der Waals surface area (Å²) >= 11 is 0. The Morgan fingerprint density at radius 3 is 2.33 bits per heavy atom. The van der Waals surface area contributed by atoms with Gasteiger partial charge >= 0.3 is 0 Å². The Morgan fingerprint density at radius 1 is 1.19 bits per heavy atom. The van der Waals surface area contributed by atoms with E-state index < -0.39 is 0 Å². The lowest BCUT2D eigenvalue weighted by atomic mass is 10.1. The lowest BCUT2D eigenvalue weighted by Crippen LogP contribution is -2.35. The molecule has 1 atom stereocenters. The van der Waals surface area contributed by atoms with Gasteiger partial charge in [-0.1, -0.05) is 19.1 Å². The van der Waals surface area contributed by atoms with Crippen LogP contribution in [0, 0.1) is 5.92 Å². The van der Waals surface area contributed by atoms with E-state index in [1.807, 2.05) is 38.2 Å². The van der Waals surface area contributed by atoms with Crippen LogP contribution in [0.3, 0.4) is 0 Å². The van der Waals surface area contributed by atoms with Gasteiger partial charge in [0.2, 0.25) is 11.8 Å². The van der Waals surface area contributed by atoms with Crippen LogP contribution in [0.25, 0.3) is 0 Å².